The van der Waals surface area contributed by atoms with E-state index in [4.69, 9.17) is 0 Å². The van der Waals surface area contributed by atoms with Crippen LogP contribution in [0.2, 0.25) is 0 Å². The maximum Gasteiger partial charge on any atom is 0.225 e. The fraction of sp³-hybridized carbons (Fsp3) is 0.500. The molecule has 2 aromatic rings. The van der Waals surface area contributed by atoms with Gasteiger partial charge in [-0.25, -0.2) is 9.97 Å². The lowest BCUT2D eigenvalue weighted by Crippen LogP contribution is -2.44. The summed E-state index contributed by atoms with van der Waals surface area (Å²) in [4.78, 5) is 18.3. The number of nitrogens with zero attached hydrogens (tertiary/aromatic N) is 5. The van der Waals surface area contributed by atoms with E-state index >= 15 is 0 Å². The molecule has 5 heteroatoms. The average molecular weight is 309 g/mol. The molecule has 2 fully saturated rings. The summed E-state index contributed by atoms with van der Waals surface area (Å²) in [7, 11) is 0. The standard InChI is InChI=1S/C18H23N5/c1-4-8-23(9-5-1)18-20-10-15(11-21-18)12-22-13-16(14-22)17-6-2-3-7-19-17/h2-3,6-7,10-11,16H,1,4-5,8-9,12-14H2. The van der Waals surface area contributed by atoms with E-state index in [9.17, 15) is 0 Å². The van der Waals surface area contributed by atoms with Crippen LogP contribution >= 0.6 is 0 Å². The minimum Gasteiger partial charge on any atom is -0.341 e. The lowest BCUT2D eigenvalue weighted by atomic mass is 9.95. The molecule has 0 amide bonds. The van der Waals surface area contributed by atoms with Crippen molar-refractivity contribution in [3.63, 3.8) is 0 Å². The van der Waals surface area contributed by atoms with Crippen molar-refractivity contribution in [2.45, 2.75) is 31.7 Å². The Morgan fingerprint density at radius 2 is 1.74 bits per heavy atom. The third kappa shape index (κ3) is 3.34. The van der Waals surface area contributed by atoms with Crippen LogP contribution in [0, 0.1) is 0 Å². The first kappa shape index (κ1) is 14.6. The smallest absolute Gasteiger partial charge is 0.225 e. The highest BCUT2D eigenvalue weighted by Crippen LogP contribution is 2.26. The van der Waals surface area contributed by atoms with Crippen molar-refractivity contribution in [1.29, 1.82) is 0 Å². The van der Waals surface area contributed by atoms with Crippen LogP contribution < -0.4 is 4.90 Å². The fourth-order valence-electron chi connectivity index (χ4n) is 3.45. The molecule has 2 aliphatic heterocycles. The number of hydrogen-bond acceptors (Lipinski definition) is 5. The second-order valence-electron chi connectivity index (χ2n) is 6.58. The number of piperidine rings is 1. The van der Waals surface area contributed by atoms with Gasteiger partial charge in [-0.05, 0) is 31.4 Å². The number of aromatic nitrogens is 3. The Morgan fingerprint density at radius 3 is 2.43 bits per heavy atom. The van der Waals surface area contributed by atoms with Gasteiger partial charge in [0.1, 0.15) is 0 Å². The minimum absolute atomic E-state index is 0.574. The van der Waals surface area contributed by atoms with Crippen LogP contribution in [0.5, 0.6) is 0 Å². The first-order valence-corrected chi connectivity index (χ1v) is 8.57. The van der Waals surface area contributed by atoms with Crippen molar-refractivity contribution in [2.75, 3.05) is 31.1 Å². The van der Waals surface area contributed by atoms with Crippen LogP contribution in [0.15, 0.2) is 36.8 Å². The minimum atomic E-state index is 0.574. The third-order valence-corrected chi connectivity index (χ3v) is 4.80. The normalized spacial score (nSPS) is 19.6. The van der Waals surface area contributed by atoms with Gasteiger partial charge in [0, 0.05) is 68.5 Å². The van der Waals surface area contributed by atoms with E-state index in [1.165, 1.54) is 30.5 Å². The van der Waals surface area contributed by atoms with Crippen molar-refractivity contribution >= 4 is 5.95 Å². The highest BCUT2D eigenvalue weighted by molar-refractivity contribution is 5.30. The summed E-state index contributed by atoms with van der Waals surface area (Å²) in [5.74, 6) is 1.47. The summed E-state index contributed by atoms with van der Waals surface area (Å²) in [6.45, 7) is 5.27. The Hall–Kier alpha value is -2.01. The van der Waals surface area contributed by atoms with Gasteiger partial charge in [-0.1, -0.05) is 6.07 Å². The molecular weight excluding hydrogens is 286 g/mol. The quantitative estimate of drug-likeness (QED) is 0.868. The van der Waals surface area contributed by atoms with Crippen LogP contribution in [0.1, 0.15) is 36.4 Å². The topological polar surface area (TPSA) is 45.2 Å². The highest BCUT2D eigenvalue weighted by Gasteiger charge is 2.28. The zero-order chi connectivity index (χ0) is 15.5. The molecule has 0 atom stereocenters. The van der Waals surface area contributed by atoms with Gasteiger partial charge in [-0.3, -0.25) is 9.88 Å². The van der Waals surface area contributed by atoms with Crippen LogP contribution in [0.25, 0.3) is 0 Å². The van der Waals surface area contributed by atoms with Gasteiger partial charge >= 0.3 is 0 Å². The molecule has 0 aliphatic carbocycles. The SMILES string of the molecule is c1ccc(C2CN(Cc3cnc(N4CCCCC4)nc3)C2)nc1. The van der Waals surface area contributed by atoms with Crippen molar-refractivity contribution in [3.05, 3.63) is 48.0 Å². The van der Waals surface area contributed by atoms with E-state index in [1.54, 1.807) is 0 Å². The molecule has 2 aliphatic rings. The third-order valence-electron chi connectivity index (χ3n) is 4.80. The molecule has 0 bridgehead atoms. The highest BCUT2D eigenvalue weighted by atomic mass is 15.2. The first-order valence-electron chi connectivity index (χ1n) is 8.57. The molecule has 2 aromatic heterocycles. The zero-order valence-electron chi connectivity index (χ0n) is 13.4. The Balaban J connectivity index is 1.30. The molecule has 0 N–H and O–H groups in total. The second kappa shape index (κ2) is 6.62. The molecule has 0 aromatic carbocycles. The van der Waals surface area contributed by atoms with Gasteiger partial charge in [-0.15, -0.1) is 0 Å². The molecule has 5 nitrogen and oxygen atoms in total. The van der Waals surface area contributed by atoms with Crippen molar-refractivity contribution < 1.29 is 0 Å². The van der Waals surface area contributed by atoms with E-state index < -0.39 is 0 Å². The molecule has 4 heterocycles. The average Bonchev–Trinajstić information content (AvgIpc) is 2.60. The van der Waals surface area contributed by atoms with E-state index in [2.05, 4.69) is 36.9 Å². The van der Waals surface area contributed by atoms with Crippen molar-refractivity contribution in [3.8, 4) is 0 Å². The molecule has 4 rings (SSSR count). The van der Waals surface area contributed by atoms with E-state index in [0.717, 1.165) is 38.7 Å². The summed E-state index contributed by atoms with van der Waals surface area (Å²) in [5, 5.41) is 0. The molecule has 0 spiro atoms. The van der Waals surface area contributed by atoms with Gasteiger partial charge in [-0.2, -0.15) is 0 Å². The Labute approximate surface area is 137 Å². The van der Waals surface area contributed by atoms with Gasteiger partial charge in [0.15, 0.2) is 0 Å². The second-order valence-corrected chi connectivity index (χ2v) is 6.58. The van der Waals surface area contributed by atoms with E-state index in [0.29, 0.717) is 5.92 Å². The molecule has 23 heavy (non-hydrogen) atoms. The molecular formula is C18H23N5. The lowest BCUT2D eigenvalue weighted by Gasteiger charge is -2.38. The number of rotatable bonds is 4. The summed E-state index contributed by atoms with van der Waals surface area (Å²) in [6, 6.07) is 6.16. The molecule has 0 saturated carbocycles. The first-order chi connectivity index (χ1) is 11.4. The number of anilines is 1. The predicted molar refractivity (Wildman–Crippen MR) is 90.4 cm³/mol. The Bertz CT molecular complexity index is 616. The Kier molecular flexibility index (Phi) is 4.20. The number of likely N-dealkylation sites (tertiary alicyclic amines) is 1. The molecule has 0 radical (unpaired) electrons. The van der Waals surface area contributed by atoms with E-state index in [1.807, 2.05) is 24.7 Å². The monoisotopic (exact) mass is 309 g/mol. The van der Waals surface area contributed by atoms with Gasteiger partial charge in [0.05, 0.1) is 0 Å². The lowest BCUT2D eigenvalue weighted by molar-refractivity contribution is 0.137. The van der Waals surface area contributed by atoms with Crippen molar-refractivity contribution in [2.24, 2.45) is 0 Å². The maximum absolute atomic E-state index is 4.57. The largest absolute Gasteiger partial charge is 0.341 e. The van der Waals surface area contributed by atoms with Gasteiger partial charge in [0.25, 0.3) is 0 Å². The summed E-state index contributed by atoms with van der Waals surface area (Å²) >= 11 is 0. The van der Waals surface area contributed by atoms with E-state index in [-0.39, 0.29) is 0 Å². The Morgan fingerprint density at radius 1 is 0.957 bits per heavy atom. The fourth-order valence-corrected chi connectivity index (χ4v) is 3.45. The maximum atomic E-state index is 4.57. The number of hydrogen-bond donors (Lipinski definition) is 0. The van der Waals surface area contributed by atoms with Gasteiger partial charge in [0.2, 0.25) is 5.95 Å². The van der Waals surface area contributed by atoms with Crippen LogP contribution in [0.4, 0.5) is 5.95 Å². The molecule has 120 valence electrons. The van der Waals surface area contributed by atoms with Crippen LogP contribution in [0.3, 0.4) is 0 Å². The number of pyridine rings is 1. The van der Waals surface area contributed by atoms with Crippen molar-refractivity contribution in [1.82, 2.24) is 19.9 Å². The zero-order valence-corrected chi connectivity index (χ0v) is 13.4. The molecule has 2 saturated heterocycles. The summed E-state index contributed by atoms with van der Waals surface area (Å²) in [6.07, 6.45) is 9.71. The van der Waals surface area contributed by atoms with Crippen LogP contribution in [-0.4, -0.2) is 46.0 Å². The van der Waals surface area contributed by atoms with Crippen LogP contribution in [-0.2, 0) is 6.54 Å². The molecule has 0 unspecified atom stereocenters. The summed E-state index contributed by atoms with van der Waals surface area (Å²) in [5.41, 5.74) is 2.41. The predicted octanol–water partition coefficient (Wildman–Crippen LogP) is 2.46. The summed E-state index contributed by atoms with van der Waals surface area (Å²) < 4.78 is 0. The van der Waals surface area contributed by atoms with Gasteiger partial charge < -0.3 is 4.90 Å².